The van der Waals surface area contributed by atoms with Crippen molar-refractivity contribution in [3.05, 3.63) is 12.1 Å². The lowest BCUT2D eigenvalue weighted by atomic mass is 10.0. The highest BCUT2D eigenvalue weighted by Gasteiger charge is 2.28. The third-order valence-electron chi connectivity index (χ3n) is 2.66. The van der Waals surface area contributed by atoms with Gasteiger partial charge in [-0.3, -0.25) is 0 Å². The van der Waals surface area contributed by atoms with Gasteiger partial charge in [-0.15, -0.1) is 4.73 Å². The highest BCUT2D eigenvalue weighted by molar-refractivity contribution is 5.81. The summed E-state index contributed by atoms with van der Waals surface area (Å²) >= 11 is 0. The lowest BCUT2D eigenvalue weighted by Gasteiger charge is -2.23. The number of ether oxygens (including phenoxy) is 1. The fourth-order valence-corrected chi connectivity index (χ4v) is 1.78. The maximum absolute atomic E-state index is 12.2. The first-order valence-corrected chi connectivity index (χ1v) is 7.31. The molecule has 1 amide bonds. The number of amides is 1. The second kappa shape index (κ2) is 7.26. The Labute approximate surface area is 135 Å². The predicted molar refractivity (Wildman–Crippen MR) is 82.0 cm³/mol. The zero-order valence-electron chi connectivity index (χ0n) is 14.0. The molecule has 0 radical (unpaired) electrons. The van der Waals surface area contributed by atoms with Gasteiger partial charge in [0.15, 0.2) is 0 Å². The van der Waals surface area contributed by atoms with Crippen LogP contribution in [0.5, 0.6) is 11.8 Å². The fraction of sp³-hybridized carbons (Fsp3) is 0.600. The third-order valence-corrected chi connectivity index (χ3v) is 2.66. The van der Waals surface area contributed by atoms with Crippen molar-refractivity contribution in [2.24, 2.45) is 5.92 Å². The SMILES string of the molecule is CC(C)C[C@@H](NC(=O)OC(C)(C)C)C(=O)On1c(O)ccc1O. The molecule has 1 heterocycles. The van der Waals surface area contributed by atoms with Crippen molar-refractivity contribution in [3.63, 3.8) is 0 Å². The average Bonchev–Trinajstić information content (AvgIpc) is 2.66. The van der Waals surface area contributed by atoms with Crippen LogP contribution in [-0.4, -0.2) is 38.6 Å². The van der Waals surface area contributed by atoms with Gasteiger partial charge in [-0.1, -0.05) is 13.8 Å². The molecule has 0 spiro atoms. The highest BCUT2D eigenvalue weighted by Crippen LogP contribution is 2.19. The molecule has 0 bridgehead atoms. The van der Waals surface area contributed by atoms with Gasteiger partial charge in [0.05, 0.1) is 0 Å². The van der Waals surface area contributed by atoms with E-state index in [1.807, 2.05) is 13.8 Å². The van der Waals surface area contributed by atoms with E-state index in [-0.39, 0.29) is 5.92 Å². The van der Waals surface area contributed by atoms with E-state index in [4.69, 9.17) is 9.57 Å². The van der Waals surface area contributed by atoms with Gasteiger partial charge in [0, 0.05) is 12.1 Å². The minimum Gasteiger partial charge on any atom is -0.492 e. The second-order valence-electron chi connectivity index (χ2n) is 6.58. The van der Waals surface area contributed by atoms with Crippen LogP contribution in [0, 0.1) is 5.92 Å². The zero-order valence-corrected chi connectivity index (χ0v) is 14.0. The molecule has 0 aliphatic heterocycles. The zero-order chi connectivity index (χ0) is 17.8. The molecule has 130 valence electrons. The number of aromatic nitrogens is 1. The first-order valence-electron chi connectivity index (χ1n) is 7.31. The summed E-state index contributed by atoms with van der Waals surface area (Å²) in [6.45, 7) is 8.87. The van der Waals surface area contributed by atoms with Crippen LogP contribution in [0.2, 0.25) is 0 Å². The van der Waals surface area contributed by atoms with E-state index in [0.29, 0.717) is 11.2 Å². The van der Waals surface area contributed by atoms with Crippen LogP contribution >= 0.6 is 0 Å². The van der Waals surface area contributed by atoms with E-state index in [9.17, 15) is 19.8 Å². The van der Waals surface area contributed by atoms with Crippen molar-refractivity contribution in [2.75, 3.05) is 0 Å². The minimum absolute atomic E-state index is 0.0920. The normalized spacial score (nSPS) is 12.8. The van der Waals surface area contributed by atoms with E-state index >= 15 is 0 Å². The lowest BCUT2D eigenvalue weighted by molar-refractivity contribution is -0.148. The number of nitrogens with one attached hydrogen (secondary N) is 1. The Morgan fingerprint density at radius 2 is 1.74 bits per heavy atom. The van der Waals surface area contributed by atoms with Gasteiger partial charge in [-0.2, -0.15) is 0 Å². The van der Waals surface area contributed by atoms with Crippen molar-refractivity contribution >= 4 is 12.1 Å². The molecular weight excluding hydrogens is 304 g/mol. The minimum atomic E-state index is -0.981. The number of nitrogens with zero attached hydrogens (tertiary/aromatic N) is 1. The van der Waals surface area contributed by atoms with Crippen LogP contribution in [-0.2, 0) is 9.53 Å². The highest BCUT2D eigenvalue weighted by atomic mass is 16.7. The molecule has 23 heavy (non-hydrogen) atoms. The molecule has 8 heteroatoms. The smallest absolute Gasteiger partial charge is 0.408 e. The van der Waals surface area contributed by atoms with Gasteiger partial charge in [-0.25, -0.2) is 9.59 Å². The van der Waals surface area contributed by atoms with Crippen LogP contribution < -0.4 is 10.2 Å². The molecule has 1 atom stereocenters. The molecule has 0 saturated heterocycles. The van der Waals surface area contributed by atoms with Crippen molar-refractivity contribution < 1.29 is 29.4 Å². The van der Waals surface area contributed by atoms with Crippen LogP contribution in [0.25, 0.3) is 0 Å². The van der Waals surface area contributed by atoms with Gasteiger partial charge in [-0.05, 0) is 33.1 Å². The van der Waals surface area contributed by atoms with Gasteiger partial charge < -0.3 is 25.1 Å². The summed E-state index contributed by atoms with van der Waals surface area (Å²) in [5.41, 5.74) is -0.701. The second-order valence-corrected chi connectivity index (χ2v) is 6.58. The standard InChI is InChI=1S/C15H24N2O6/c1-9(2)8-10(16-14(21)22-15(3,4)5)13(20)23-17-11(18)6-7-12(17)19/h6-7,9-10,18-19H,8H2,1-5H3,(H,16,21)/t10-/m1/s1. The monoisotopic (exact) mass is 328 g/mol. The fourth-order valence-electron chi connectivity index (χ4n) is 1.78. The molecule has 0 aliphatic carbocycles. The number of carbonyl (C=O) groups excluding carboxylic acids is 2. The Morgan fingerprint density at radius 3 is 2.17 bits per heavy atom. The third kappa shape index (κ3) is 6.09. The van der Waals surface area contributed by atoms with Gasteiger partial charge >= 0.3 is 12.1 Å². The summed E-state index contributed by atoms with van der Waals surface area (Å²) in [6.07, 6.45) is -0.443. The largest absolute Gasteiger partial charge is 0.492 e. The molecule has 0 saturated carbocycles. The molecule has 1 aromatic rings. The predicted octanol–water partition coefficient (Wildman–Crippen LogP) is 1.79. The molecule has 0 unspecified atom stereocenters. The summed E-state index contributed by atoms with van der Waals surface area (Å²) < 4.78 is 5.70. The Hall–Kier alpha value is -2.38. The molecular formula is C15H24N2O6. The van der Waals surface area contributed by atoms with Gasteiger partial charge in [0.1, 0.15) is 11.6 Å². The summed E-state index contributed by atoms with van der Waals surface area (Å²) in [5, 5.41) is 21.4. The topological polar surface area (TPSA) is 110 Å². The Bertz CT molecular complexity index is 539. The Balaban J connectivity index is 2.80. The molecule has 0 aromatic carbocycles. The number of hydrogen-bond donors (Lipinski definition) is 3. The van der Waals surface area contributed by atoms with E-state index in [2.05, 4.69) is 5.32 Å². The maximum Gasteiger partial charge on any atom is 0.408 e. The van der Waals surface area contributed by atoms with E-state index < -0.39 is 35.5 Å². The average molecular weight is 328 g/mol. The van der Waals surface area contributed by atoms with Crippen LogP contribution in [0.15, 0.2) is 12.1 Å². The summed E-state index contributed by atoms with van der Waals surface area (Å²) in [6, 6.07) is 1.36. The van der Waals surface area contributed by atoms with Crippen molar-refractivity contribution in [1.82, 2.24) is 10.0 Å². The summed E-state index contributed by atoms with van der Waals surface area (Å²) in [5.74, 6) is -1.60. The quantitative estimate of drug-likeness (QED) is 0.760. The number of rotatable bonds is 5. The number of carbonyl (C=O) groups is 2. The molecule has 8 nitrogen and oxygen atoms in total. The van der Waals surface area contributed by atoms with Crippen LogP contribution in [0.3, 0.4) is 0 Å². The number of alkyl carbamates (subject to hydrolysis) is 1. The molecule has 0 aliphatic rings. The summed E-state index contributed by atoms with van der Waals surface area (Å²) in [7, 11) is 0. The molecule has 0 fully saturated rings. The van der Waals surface area contributed by atoms with Crippen LogP contribution in [0.4, 0.5) is 4.79 Å². The first kappa shape index (κ1) is 18.7. The van der Waals surface area contributed by atoms with E-state index in [1.54, 1.807) is 20.8 Å². The van der Waals surface area contributed by atoms with E-state index in [0.717, 1.165) is 0 Å². The van der Waals surface area contributed by atoms with Crippen molar-refractivity contribution in [3.8, 4) is 11.8 Å². The maximum atomic E-state index is 12.2. The lowest BCUT2D eigenvalue weighted by Crippen LogP contribution is -2.47. The number of aromatic hydroxyl groups is 2. The Kier molecular flexibility index (Phi) is 5.89. The van der Waals surface area contributed by atoms with E-state index in [1.165, 1.54) is 12.1 Å². The molecule has 3 N–H and O–H groups in total. The Morgan fingerprint density at radius 1 is 1.22 bits per heavy atom. The van der Waals surface area contributed by atoms with Crippen molar-refractivity contribution in [1.29, 1.82) is 0 Å². The van der Waals surface area contributed by atoms with Gasteiger partial charge in [0.2, 0.25) is 11.8 Å². The van der Waals surface area contributed by atoms with Crippen molar-refractivity contribution in [2.45, 2.75) is 52.7 Å². The number of hydrogen-bond acceptors (Lipinski definition) is 6. The first-order chi connectivity index (χ1) is 10.5. The molecule has 1 aromatic heterocycles. The van der Waals surface area contributed by atoms with Gasteiger partial charge in [0.25, 0.3) is 0 Å². The summed E-state index contributed by atoms with van der Waals surface area (Å²) in [4.78, 5) is 29.0. The molecule has 1 rings (SSSR count). The van der Waals surface area contributed by atoms with Crippen LogP contribution in [0.1, 0.15) is 41.0 Å².